The highest BCUT2D eigenvalue weighted by Gasteiger charge is 2.16. The molecule has 9 heteroatoms. The van der Waals surface area contributed by atoms with E-state index in [4.69, 9.17) is 0 Å². The molecule has 2 rings (SSSR count). The van der Waals surface area contributed by atoms with Gasteiger partial charge in [-0.25, -0.2) is 17.2 Å². The monoisotopic (exact) mass is 314 g/mol. The van der Waals surface area contributed by atoms with Gasteiger partial charge in [0.05, 0.1) is 15.5 Å². The van der Waals surface area contributed by atoms with Gasteiger partial charge in [-0.1, -0.05) is 0 Å². The van der Waals surface area contributed by atoms with Crippen molar-refractivity contribution >= 4 is 21.4 Å². The number of nitrogens with zero attached hydrogens (tertiary/aromatic N) is 1. The zero-order valence-corrected chi connectivity index (χ0v) is 11.1. The van der Waals surface area contributed by atoms with Crippen molar-refractivity contribution in [3.8, 4) is 0 Å². The van der Waals surface area contributed by atoms with Gasteiger partial charge >= 0.3 is 0 Å². The molecule has 0 bridgehead atoms. The van der Waals surface area contributed by atoms with E-state index in [0.717, 1.165) is 36.4 Å². The Bertz CT molecular complexity index is 791. The van der Waals surface area contributed by atoms with Crippen LogP contribution in [0.3, 0.4) is 0 Å². The Labute approximate surface area is 118 Å². The summed E-state index contributed by atoms with van der Waals surface area (Å²) in [5, 5.41) is 10.5. The van der Waals surface area contributed by atoms with Crippen LogP contribution in [0.4, 0.5) is 20.2 Å². The summed E-state index contributed by atoms with van der Waals surface area (Å²) in [7, 11) is -4.05. The predicted molar refractivity (Wildman–Crippen MR) is 70.3 cm³/mol. The van der Waals surface area contributed by atoms with Gasteiger partial charge < -0.3 is 0 Å². The number of rotatable bonds is 4. The Morgan fingerprint density at radius 2 is 1.62 bits per heavy atom. The van der Waals surface area contributed by atoms with Crippen LogP contribution in [0, 0.1) is 21.7 Å². The average Bonchev–Trinajstić information content (AvgIpc) is 2.43. The highest BCUT2D eigenvalue weighted by atomic mass is 32.2. The molecule has 0 spiro atoms. The third-order valence-electron chi connectivity index (χ3n) is 2.53. The molecule has 0 aliphatic heterocycles. The second-order valence-electron chi connectivity index (χ2n) is 3.99. The quantitative estimate of drug-likeness (QED) is 0.694. The van der Waals surface area contributed by atoms with Crippen molar-refractivity contribution in [2.75, 3.05) is 4.72 Å². The maximum Gasteiger partial charge on any atom is 0.269 e. The minimum atomic E-state index is -4.05. The van der Waals surface area contributed by atoms with E-state index in [2.05, 4.69) is 0 Å². The number of non-ortho nitro benzene ring substituents is 1. The van der Waals surface area contributed by atoms with E-state index in [1.807, 2.05) is 4.72 Å². The molecule has 0 fully saturated rings. The molecule has 6 nitrogen and oxygen atoms in total. The SMILES string of the molecule is O=[N+]([O-])c1ccc(S(=O)(=O)Nc2ccc(F)c(F)c2)cc1. The normalized spacial score (nSPS) is 11.1. The first-order chi connectivity index (χ1) is 9.79. The van der Waals surface area contributed by atoms with Crippen LogP contribution < -0.4 is 4.72 Å². The summed E-state index contributed by atoms with van der Waals surface area (Å²) in [5.74, 6) is -2.30. The molecule has 0 unspecified atom stereocenters. The van der Waals surface area contributed by atoms with Gasteiger partial charge in [-0.15, -0.1) is 0 Å². The Kier molecular flexibility index (Phi) is 3.85. The van der Waals surface area contributed by atoms with Crippen LogP contribution in [0.25, 0.3) is 0 Å². The third-order valence-corrected chi connectivity index (χ3v) is 3.93. The van der Waals surface area contributed by atoms with Gasteiger partial charge in [0.15, 0.2) is 11.6 Å². The molecule has 0 amide bonds. The van der Waals surface area contributed by atoms with Crippen molar-refractivity contribution in [1.29, 1.82) is 0 Å². The second kappa shape index (κ2) is 5.44. The lowest BCUT2D eigenvalue weighted by Gasteiger charge is -2.08. The van der Waals surface area contributed by atoms with Crippen molar-refractivity contribution < 1.29 is 22.1 Å². The van der Waals surface area contributed by atoms with Crippen LogP contribution >= 0.6 is 0 Å². The summed E-state index contributed by atoms with van der Waals surface area (Å²) in [6, 6.07) is 6.67. The van der Waals surface area contributed by atoms with Crippen LogP contribution in [-0.4, -0.2) is 13.3 Å². The minimum Gasteiger partial charge on any atom is -0.280 e. The molecule has 21 heavy (non-hydrogen) atoms. The zero-order chi connectivity index (χ0) is 15.6. The molecule has 0 radical (unpaired) electrons. The molecule has 0 atom stereocenters. The molecule has 0 aliphatic carbocycles. The third kappa shape index (κ3) is 3.31. The maximum absolute atomic E-state index is 13.0. The van der Waals surface area contributed by atoms with Crippen LogP contribution in [0.5, 0.6) is 0 Å². The Hall–Kier alpha value is -2.55. The fraction of sp³-hybridized carbons (Fsp3) is 0. The summed E-state index contributed by atoms with van der Waals surface area (Å²) < 4.78 is 51.8. The summed E-state index contributed by atoms with van der Waals surface area (Å²) in [5.41, 5.74) is -0.422. The molecule has 0 saturated carbocycles. The maximum atomic E-state index is 13.0. The van der Waals surface area contributed by atoms with Crippen molar-refractivity contribution in [1.82, 2.24) is 0 Å². The van der Waals surface area contributed by atoms with Gasteiger partial charge in [-0.2, -0.15) is 0 Å². The van der Waals surface area contributed by atoms with E-state index in [1.165, 1.54) is 0 Å². The van der Waals surface area contributed by atoms with E-state index >= 15 is 0 Å². The van der Waals surface area contributed by atoms with Crippen molar-refractivity contribution in [3.63, 3.8) is 0 Å². The number of hydrogen-bond donors (Lipinski definition) is 1. The van der Waals surface area contributed by atoms with Crippen molar-refractivity contribution in [3.05, 3.63) is 64.2 Å². The first-order valence-corrected chi connectivity index (χ1v) is 7.00. The standard InChI is InChI=1S/C12H8F2N2O4S/c13-11-6-1-8(7-12(11)14)15-21(19,20)10-4-2-9(3-5-10)16(17)18/h1-7,15H. The van der Waals surface area contributed by atoms with Gasteiger partial charge in [0.1, 0.15) is 0 Å². The van der Waals surface area contributed by atoms with E-state index in [-0.39, 0.29) is 16.3 Å². The van der Waals surface area contributed by atoms with Crippen molar-refractivity contribution in [2.45, 2.75) is 4.90 Å². The number of nitro groups is 1. The first kappa shape index (κ1) is 14.9. The zero-order valence-electron chi connectivity index (χ0n) is 10.3. The summed E-state index contributed by atoms with van der Waals surface area (Å²) in [4.78, 5) is 9.58. The highest BCUT2D eigenvalue weighted by Crippen LogP contribution is 2.20. The van der Waals surface area contributed by atoms with Gasteiger partial charge in [-0.05, 0) is 24.3 Å². The smallest absolute Gasteiger partial charge is 0.269 e. The van der Waals surface area contributed by atoms with Gasteiger partial charge in [0, 0.05) is 18.2 Å². The van der Waals surface area contributed by atoms with Crippen LogP contribution in [0.2, 0.25) is 0 Å². The van der Waals surface area contributed by atoms with Gasteiger partial charge in [-0.3, -0.25) is 14.8 Å². The first-order valence-electron chi connectivity index (χ1n) is 5.52. The molecule has 1 N–H and O–H groups in total. The Balaban J connectivity index is 2.29. The number of hydrogen-bond acceptors (Lipinski definition) is 4. The Morgan fingerprint density at radius 3 is 2.14 bits per heavy atom. The molecule has 0 heterocycles. The molecule has 0 aliphatic rings. The minimum absolute atomic E-state index is 0.160. The average molecular weight is 314 g/mol. The molecule has 2 aromatic carbocycles. The van der Waals surface area contributed by atoms with Crippen LogP contribution in [0.1, 0.15) is 0 Å². The summed E-state index contributed by atoms with van der Waals surface area (Å²) >= 11 is 0. The summed E-state index contributed by atoms with van der Waals surface area (Å²) in [6.45, 7) is 0. The number of nitro benzene ring substituents is 1. The molecule has 0 aromatic heterocycles. The lowest BCUT2D eigenvalue weighted by molar-refractivity contribution is -0.384. The topological polar surface area (TPSA) is 89.3 Å². The number of halogens is 2. The molecular formula is C12H8F2N2O4S. The van der Waals surface area contributed by atoms with Crippen molar-refractivity contribution in [2.24, 2.45) is 0 Å². The lowest BCUT2D eigenvalue weighted by atomic mass is 10.3. The van der Waals surface area contributed by atoms with Gasteiger partial charge in [0.2, 0.25) is 0 Å². The van der Waals surface area contributed by atoms with Crippen LogP contribution in [0.15, 0.2) is 47.4 Å². The molecule has 2 aromatic rings. The van der Waals surface area contributed by atoms with E-state index in [1.54, 1.807) is 0 Å². The lowest BCUT2D eigenvalue weighted by Crippen LogP contribution is -2.13. The molecular weight excluding hydrogens is 306 g/mol. The fourth-order valence-corrected chi connectivity index (χ4v) is 2.57. The number of benzene rings is 2. The highest BCUT2D eigenvalue weighted by molar-refractivity contribution is 7.92. The largest absolute Gasteiger partial charge is 0.280 e. The predicted octanol–water partition coefficient (Wildman–Crippen LogP) is 2.67. The van der Waals surface area contributed by atoms with E-state index < -0.39 is 26.6 Å². The van der Waals surface area contributed by atoms with E-state index in [0.29, 0.717) is 6.07 Å². The number of nitrogens with one attached hydrogen (secondary N) is 1. The molecule has 0 saturated heterocycles. The number of anilines is 1. The summed E-state index contributed by atoms with van der Waals surface area (Å²) in [6.07, 6.45) is 0. The number of sulfonamides is 1. The van der Waals surface area contributed by atoms with Crippen LogP contribution in [-0.2, 0) is 10.0 Å². The molecule has 110 valence electrons. The second-order valence-corrected chi connectivity index (χ2v) is 5.67. The Morgan fingerprint density at radius 1 is 1.00 bits per heavy atom. The fourth-order valence-electron chi connectivity index (χ4n) is 1.52. The van der Waals surface area contributed by atoms with E-state index in [9.17, 15) is 27.3 Å². The van der Waals surface area contributed by atoms with Gasteiger partial charge in [0.25, 0.3) is 15.7 Å².